The van der Waals surface area contributed by atoms with Crippen LogP contribution in [0.15, 0.2) is 4.99 Å². The fourth-order valence-electron chi connectivity index (χ4n) is 3.55. The third-order valence-corrected chi connectivity index (χ3v) is 6.86. The van der Waals surface area contributed by atoms with Crippen LogP contribution in [0.1, 0.15) is 59.3 Å². The number of nitrogens with one attached hydrogen (secondary N) is 2. The number of sulfone groups is 1. The zero-order valence-electron chi connectivity index (χ0n) is 14.8. The van der Waals surface area contributed by atoms with E-state index < -0.39 is 9.84 Å². The second-order valence-corrected chi connectivity index (χ2v) is 9.76. The van der Waals surface area contributed by atoms with Gasteiger partial charge in [-0.3, -0.25) is 4.99 Å². The second-order valence-electron chi connectivity index (χ2n) is 7.53. The maximum atomic E-state index is 11.6. The van der Waals surface area contributed by atoms with Gasteiger partial charge < -0.3 is 10.6 Å². The van der Waals surface area contributed by atoms with Gasteiger partial charge in [0.1, 0.15) is 0 Å². The molecule has 1 saturated carbocycles. The molecule has 23 heavy (non-hydrogen) atoms. The molecule has 2 fully saturated rings. The van der Waals surface area contributed by atoms with E-state index in [2.05, 4.69) is 36.4 Å². The lowest BCUT2D eigenvalue weighted by Crippen LogP contribution is -2.47. The van der Waals surface area contributed by atoms with Crippen LogP contribution in [0.2, 0.25) is 0 Å². The molecule has 2 aliphatic rings. The Hall–Kier alpha value is -0.780. The third-order valence-electron chi connectivity index (χ3n) is 5.02. The fraction of sp³-hybridized carbons (Fsp3) is 0.941. The molecule has 0 aromatic heterocycles. The molecule has 0 spiro atoms. The monoisotopic (exact) mass is 343 g/mol. The van der Waals surface area contributed by atoms with Gasteiger partial charge in [0, 0.05) is 18.6 Å². The summed E-state index contributed by atoms with van der Waals surface area (Å²) in [5.41, 5.74) is 0. The molecule has 1 saturated heterocycles. The van der Waals surface area contributed by atoms with Crippen LogP contribution in [-0.4, -0.2) is 44.5 Å². The minimum atomic E-state index is -2.81. The van der Waals surface area contributed by atoms with E-state index in [9.17, 15) is 8.42 Å². The number of aliphatic imine (C=N–C) groups is 1. The Morgan fingerprint density at radius 3 is 2.35 bits per heavy atom. The van der Waals surface area contributed by atoms with Gasteiger partial charge in [-0.2, -0.15) is 0 Å². The molecule has 1 unspecified atom stereocenters. The summed E-state index contributed by atoms with van der Waals surface area (Å²) in [6, 6.07) is 0.815. The van der Waals surface area contributed by atoms with Crippen LogP contribution >= 0.6 is 0 Å². The molecule has 1 heterocycles. The van der Waals surface area contributed by atoms with Crippen molar-refractivity contribution in [3.05, 3.63) is 0 Å². The van der Waals surface area contributed by atoms with Gasteiger partial charge in [-0.25, -0.2) is 8.42 Å². The Kier molecular flexibility index (Phi) is 6.74. The SMILES string of the molecule is CCC1CCC(NC(=NCC2CCS(=O)(=O)C2)NC(C)C)CC1. The van der Waals surface area contributed by atoms with Crippen LogP contribution in [0.3, 0.4) is 0 Å². The Balaban J connectivity index is 1.87. The summed E-state index contributed by atoms with van der Waals surface area (Å²) in [6.45, 7) is 7.09. The molecule has 0 aromatic carbocycles. The first kappa shape index (κ1) is 18.6. The number of nitrogens with zero attached hydrogens (tertiary/aromatic N) is 1. The zero-order valence-corrected chi connectivity index (χ0v) is 15.7. The second kappa shape index (κ2) is 8.36. The molecule has 0 aromatic rings. The Morgan fingerprint density at radius 2 is 1.83 bits per heavy atom. The van der Waals surface area contributed by atoms with Gasteiger partial charge in [-0.1, -0.05) is 13.3 Å². The normalized spacial score (nSPS) is 31.3. The Labute approximate surface area is 141 Å². The topological polar surface area (TPSA) is 70.6 Å². The van der Waals surface area contributed by atoms with Crippen molar-refractivity contribution in [3.8, 4) is 0 Å². The molecule has 5 nitrogen and oxygen atoms in total. The molecule has 6 heteroatoms. The van der Waals surface area contributed by atoms with Gasteiger partial charge in [0.15, 0.2) is 15.8 Å². The van der Waals surface area contributed by atoms with Crippen LogP contribution in [0.25, 0.3) is 0 Å². The predicted molar refractivity (Wildman–Crippen MR) is 96.5 cm³/mol. The number of rotatable bonds is 5. The van der Waals surface area contributed by atoms with Gasteiger partial charge in [0.2, 0.25) is 0 Å². The standard InChI is InChI=1S/C17H33N3O2S/c1-4-14-5-7-16(8-6-14)20-17(19-13(2)3)18-11-15-9-10-23(21,22)12-15/h13-16H,4-12H2,1-3H3,(H2,18,19,20). The average molecular weight is 344 g/mol. The highest BCUT2D eigenvalue weighted by Gasteiger charge is 2.28. The molecule has 1 aliphatic carbocycles. The van der Waals surface area contributed by atoms with Crippen LogP contribution in [0.4, 0.5) is 0 Å². The van der Waals surface area contributed by atoms with Crippen LogP contribution in [-0.2, 0) is 9.84 Å². The molecular formula is C17H33N3O2S. The van der Waals surface area contributed by atoms with Crippen molar-refractivity contribution < 1.29 is 8.42 Å². The van der Waals surface area contributed by atoms with Crippen molar-refractivity contribution in [2.45, 2.75) is 71.4 Å². The Bertz CT molecular complexity index is 494. The van der Waals surface area contributed by atoms with E-state index in [1.54, 1.807) is 0 Å². The maximum absolute atomic E-state index is 11.6. The van der Waals surface area contributed by atoms with E-state index in [1.807, 2.05) is 0 Å². The van der Waals surface area contributed by atoms with Crippen molar-refractivity contribution in [1.29, 1.82) is 0 Å². The molecule has 1 aliphatic heterocycles. The number of guanidine groups is 1. The lowest BCUT2D eigenvalue weighted by atomic mass is 9.84. The third kappa shape index (κ3) is 6.32. The summed E-state index contributed by atoms with van der Waals surface area (Å²) in [6.07, 6.45) is 7.04. The van der Waals surface area contributed by atoms with Crippen LogP contribution in [0.5, 0.6) is 0 Å². The van der Waals surface area contributed by atoms with E-state index in [0.29, 0.717) is 30.1 Å². The van der Waals surface area contributed by atoms with Crippen LogP contribution < -0.4 is 10.6 Å². The van der Waals surface area contributed by atoms with Gasteiger partial charge in [0.05, 0.1) is 11.5 Å². The van der Waals surface area contributed by atoms with E-state index in [0.717, 1.165) is 18.3 Å². The molecule has 0 amide bonds. The fourth-order valence-corrected chi connectivity index (χ4v) is 5.40. The summed E-state index contributed by atoms with van der Waals surface area (Å²) in [5.74, 6) is 2.54. The molecule has 134 valence electrons. The minimum Gasteiger partial charge on any atom is -0.354 e. The highest BCUT2D eigenvalue weighted by atomic mass is 32.2. The minimum absolute atomic E-state index is 0.182. The van der Waals surface area contributed by atoms with E-state index in [1.165, 1.54) is 32.1 Å². The smallest absolute Gasteiger partial charge is 0.191 e. The molecule has 0 bridgehead atoms. The largest absolute Gasteiger partial charge is 0.354 e. The number of hydrogen-bond donors (Lipinski definition) is 2. The number of hydrogen-bond acceptors (Lipinski definition) is 3. The molecular weight excluding hydrogens is 310 g/mol. The van der Waals surface area contributed by atoms with E-state index in [4.69, 9.17) is 0 Å². The van der Waals surface area contributed by atoms with Crippen molar-refractivity contribution in [3.63, 3.8) is 0 Å². The van der Waals surface area contributed by atoms with Gasteiger partial charge in [-0.15, -0.1) is 0 Å². The molecule has 0 radical (unpaired) electrons. The van der Waals surface area contributed by atoms with Gasteiger partial charge in [0.25, 0.3) is 0 Å². The van der Waals surface area contributed by atoms with Gasteiger partial charge >= 0.3 is 0 Å². The average Bonchev–Trinajstić information content (AvgIpc) is 2.84. The maximum Gasteiger partial charge on any atom is 0.191 e. The van der Waals surface area contributed by atoms with Crippen molar-refractivity contribution in [1.82, 2.24) is 10.6 Å². The highest BCUT2D eigenvalue weighted by molar-refractivity contribution is 7.91. The Morgan fingerprint density at radius 1 is 1.13 bits per heavy atom. The summed E-state index contributed by atoms with van der Waals surface area (Å²) in [5, 5.41) is 6.95. The summed E-state index contributed by atoms with van der Waals surface area (Å²) < 4.78 is 23.1. The highest BCUT2D eigenvalue weighted by Crippen LogP contribution is 2.26. The first-order valence-corrected chi connectivity index (χ1v) is 11.0. The summed E-state index contributed by atoms with van der Waals surface area (Å²) >= 11 is 0. The first-order valence-electron chi connectivity index (χ1n) is 9.16. The first-order chi connectivity index (χ1) is 10.9. The van der Waals surface area contributed by atoms with E-state index in [-0.39, 0.29) is 5.92 Å². The van der Waals surface area contributed by atoms with Crippen molar-refractivity contribution >= 4 is 15.8 Å². The van der Waals surface area contributed by atoms with Gasteiger partial charge in [-0.05, 0) is 57.8 Å². The predicted octanol–water partition coefficient (Wildman–Crippen LogP) is 2.33. The quantitative estimate of drug-likeness (QED) is 0.594. The summed E-state index contributed by atoms with van der Waals surface area (Å²) in [7, 11) is -2.81. The lowest BCUT2D eigenvalue weighted by molar-refractivity contribution is 0.303. The van der Waals surface area contributed by atoms with Crippen molar-refractivity contribution in [2.75, 3.05) is 18.1 Å². The summed E-state index contributed by atoms with van der Waals surface area (Å²) in [4.78, 5) is 4.67. The molecule has 2 N–H and O–H groups in total. The van der Waals surface area contributed by atoms with E-state index >= 15 is 0 Å². The van der Waals surface area contributed by atoms with Crippen molar-refractivity contribution in [2.24, 2.45) is 16.8 Å². The zero-order chi connectivity index (χ0) is 16.9. The molecule has 1 atom stereocenters. The van der Waals surface area contributed by atoms with Crippen LogP contribution in [0, 0.1) is 11.8 Å². The molecule has 2 rings (SSSR count). The lowest BCUT2D eigenvalue weighted by Gasteiger charge is -2.30.